The molecule has 0 bridgehead atoms. The van der Waals surface area contributed by atoms with Crippen molar-refractivity contribution in [1.29, 1.82) is 5.41 Å². The number of carbonyl (C=O) groups excluding carboxylic acids is 1. The molecule has 0 atom stereocenters. The molecule has 21 heavy (non-hydrogen) atoms. The zero-order valence-corrected chi connectivity index (χ0v) is 13.0. The second-order valence-electron chi connectivity index (χ2n) is 4.22. The van der Waals surface area contributed by atoms with Crippen LogP contribution in [-0.2, 0) is 0 Å². The second-order valence-corrected chi connectivity index (χ2v) is 5.83. The lowest BCUT2D eigenvalue weighted by molar-refractivity contribution is 0.256. The summed E-state index contributed by atoms with van der Waals surface area (Å²) < 4.78 is 0. The largest absolute Gasteiger partial charge is 0.326 e. The van der Waals surface area contributed by atoms with Gasteiger partial charge in [-0.25, -0.2) is 9.78 Å². The van der Waals surface area contributed by atoms with Gasteiger partial charge in [0.05, 0.1) is 16.4 Å². The van der Waals surface area contributed by atoms with Crippen LogP contribution >= 0.6 is 22.9 Å². The molecule has 6 nitrogen and oxygen atoms in total. The van der Waals surface area contributed by atoms with Gasteiger partial charge in [0.25, 0.3) is 0 Å². The SMILES string of the molecule is Cc1nc(NC(=N)NC(=O)Nc2ccccc2Cl)sc1C. The number of anilines is 2. The van der Waals surface area contributed by atoms with Gasteiger partial charge in [0.1, 0.15) is 0 Å². The number of nitrogens with zero attached hydrogens (tertiary/aromatic N) is 1. The standard InChI is InChI=1S/C13H14ClN5OS/c1-7-8(2)21-13(16-7)19-11(15)18-12(20)17-10-6-4-3-5-9(10)14/h3-6H,1-2H3,(H4,15,16,17,18,19,20). The summed E-state index contributed by atoms with van der Waals surface area (Å²) in [6.07, 6.45) is 0. The van der Waals surface area contributed by atoms with Crippen molar-refractivity contribution in [2.24, 2.45) is 0 Å². The summed E-state index contributed by atoms with van der Waals surface area (Å²) in [7, 11) is 0. The van der Waals surface area contributed by atoms with Crippen LogP contribution < -0.4 is 16.0 Å². The summed E-state index contributed by atoms with van der Waals surface area (Å²) in [5, 5.41) is 16.3. The quantitative estimate of drug-likeness (QED) is 0.503. The minimum atomic E-state index is -0.550. The van der Waals surface area contributed by atoms with E-state index in [9.17, 15) is 4.79 Å². The topological polar surface area (TPSA) is 89.9 Å². The van der Waals surface area contributed by atoms with Crippen molar-refractivity contribution < 1.29 is 4.79 Å². The van der Waals surface area contributed by atoms with Crippen LogP contribution in [0, 0.1) is 19.3 Å². The number of nitrogens with one attached hydrogen (secondary N) is 4. The average molecular weight is 324 g/mol. The van der Waals surface area contributed by atoms with Crippen LogP contribution in [0.15, 0.2) is 24.3 Å². The molecular weight excluding hydrogens is 310 g/mol. The van der Waals surface area contributed by atoms with Gasteiger partial charge in [0.15, 0.2) is 5.13 Å². The summed E-state index contributed by atoms with van der Waals surface area (Å²) in [6.45, 7) is 3.83. The molecule has 0 fully saturated rings. The van der Waals surface area contributed by atoms with E-state index in [2.05, 4.69) is 20.9 Å². The van der Waals surface area contributed by atoms with Crippen LogP contribution in [0.4, 0.5) is 15.6 Å². The summed E-state index contributed by atoms with van der Waals surface area (Å²) in [5.74, 6) is -0.159. The highest BCUT2D eigenvalue weighted by Gasteiger charge is 2.09. The van der Waals surface area contributed by atoms with Crippen molar-refractivity contribution in [1.82, 2.24) is 10.3 Å². The van der Waals surface area contributed by atoms with Crippen molar-refractivity contribution in [3.63, 3.8) is 0 Å². The molecule has 2 rings (SSSR count). The molecule has 8 heteroatoms. The molecule has 0 aliphatic rings. The van der Waals surface area contributed by atoms with Crippen molar-refractivity contribution in [3.05, 3.63) is 39.9 Å². The van der Waals surface area contributed by atoms with Crippen LogP contribution in [0.25, 0.3) is 0 Å². The molecular formula is C13H14ClN5OS. The molecule has 0 unspecified atom stereocenters. The molecule has 2 amide bonds. The molecule has 0 spiro atoms. The predicted octanol–water partition coefficient (Wildman–Crippen LogP) is 3.58. The molecule has 0 aliphatic carbocycles. The van der Waals surface area contributed by atoms with Gasteiger partial charge in [-0.15, -0.1) is 11.3 Å². The third kappa shape index (κ3) is 4.17. The van der Waals surface area contributed by atoms with Crippen molar-refractivity contribution >= 4 is 45.7 Å². The number of amides is 2. The molecule has 110 valence electrons. The number of thiazole rings is 1. The maximum atomic E-state index is 11.8. The van der Waals surface area contributed by atoms with Crippen molar-refractivity contribution in [2.75, 3.05) is 10.6 Å². The van der Waals surface area contributed by atoms with Crippen LogP contribution in [0.5, 0.6) is 0 Å². The van der Waals surface area contributed by atoms with Gasteiger partial charge >= 0.3 is 6.03 Å². The Morgan fingerprint density at radius 2 is 2.00 bits per heavy atom. The Morgan fingerprint density at radius 1 is 1.29 bits per heavy atom. The lowest BCUT2D eigenvalue weighted by Gasteiger charge is -2.09. The van der Waals surface area contributed by atoms with Gasteiger partial charge in [0, 0.05) is 4.88 Å². The summed E-state index contributed by atoms with van der Waals surface area (Å²) in [6, 6.07) is 6.31. The number of rotatable bonds is 2. The first kappa shape index (κ1) is 15.3. The number of benzene rings is 1. The van der Waals surface area contributed by atoms with Crippen LogP contribution in [0.1, 0.15) is 10.6 Å². The Hall–Kier alpha value is -2.12. The minimum Gasteiger partial charge on any atom is -0.306 e. The third-order valence-corrected chi connectivity index (χ3v) is 3.94. The number of aryl methyl sites for hydroxylation is 2. The van der Waals surface area contributed by atoms with E-state index in [1.165, 1.54) is 11.3 Å². The Kier molecular flexibility index (Phi) is 4.77. The van der Waals surface area contributed by atoms with E-state index in [1.807, 2.05) is 13.8 Å². The fourth-order valence-corrected chi connectivity index (χ4v) is 2.50. The number of halogens is 1. The van der Waals surface area contributed by atoms with Crippen LogP contribution in [0.3, 0.4) is 0 Å². The number of urea groups is 1. The Balaban J connectivity index is 1.90. The number of aromatic nitrogens is 1. The highest BCUT2D eigenvalue weighted by Crippen LogP contribution is 2.21. The van der Waals surface area contributed by atoms with Gasteiger partial charge in [-0.05, 0) is 26.0 Å². The summed E-state index contributed by atoms with van der Waals surface area (Å²) >= 11 is 7.35. The van der Waals surface area contributed by atoms with E-state index in [1.54, 1.807) is 24.3 Å². The first-order valence-electron chi connectivity index (χ1n) is 6.08. The molecule has 1 aromatic carbocycles. The van der Waals surface area contributed by atoms with Gasteiger partial charge in [-0.1, -0.05) is 23.7 Å². The zero-order valence-electron chi connectivity index (χ0n) is 11.5. The number of hydrogen-bond acceptors (Lipinski definition) is 4. The Labute approximate surface area is 131 Å². The first-order chi connectivity index (χ1) is 9.95. The molecule has 1 aromatic heterocycles. The second kappa shape index (κ2) is 6.55. The monoisotopic (exact) mass is 323 g/mol. The number of para-hydroxylation sites is 1. The van der Waals surface area contributed by atoms with E-state index in [0.717, 1.165) is 10.6 Å². The smallest absolute Gasteiger partial charge is 0.306 e. The minimum absolute atomic E-state index is 0.159. The number of carbonyl (C=O) groups is 1. The summed E-state index contributed by atoms with van der Waals surface area (Å²) in [5.41, 5.74) is 1.38. The first-order valence-corrected chi connectivity index (χ1v) is 7.27. The molecule has 0 saturated carbocycles. The fraction of sp³-hybridized carbons (Fsp3) is 0.154. The molecule has 0 aliphatic heterocycles. The Bertz CT molecular complexity index is 665. The average Bonchev–Trinajstić information content (AvgIpc) is 2.70. The summed E-state index contributed by atoms with van der Waals surface area (Å²) in [4.78, 5) is 17.0. The molecule has 0 radical (unpaired) electrons. The third-order valence-electron chi connectivity index (χ3n) is 2.62. The number of guanidine groups is 1. The van der Waals surface area contributed by atoms with Gasteiger partial charge in [-0.2, -0.15) is 0 Å². The predicted molar refractivity (Wildman–Crippen MR) is 86.5 cm³/mol. The van der Waals surface area contributed by atoms with E-state index in [4.69, 9.17) is 17.0 Å². The lowest BCUT2D eigenvalue weighted by atomic mass is 10.3. The van der Waals surface area contributed by atoms with E-state index < -0.39 is 6.03 Å². The van der Waals surface area contributed by atoms with Crippen LogP contribution in [-0.4, -0.2) is 17.0 Å². The van der Waals surface area contributed by atoms with Crippen molar-refractivity contribution in [2.45, 2.75) is 13.8 Å². The molecule has 4 N–H and O–H groups in total. The maximum Gasteiger partial charge on any atom is 0.326 e. The van der Waals surface area contributed by atoms with Crippen molar-refractivity contribution in [3.8, 4) is 0 Å². The molecule has 2 aromatic rings. The van der Waals surface area contributed by atoms with Gasteiger partial charge in [-0.3, -0.25) is 10.7 Å². The highest BCUT2D eigenvalue weighted by atomic mass is 35.5. The number of hydrogen-bond donors (Lipinski definition) is 4. The van der Waals surface area contributed by atoms with E-state index in [-0.39, 0.29) is 5.96 Å². The highest BCUT2D eigenvalue weighted by molar-refractivity contribution is 7.15. The fourth-order valence-electron chi connectivity index (χ4n) is 1.49. The van der Waals surface area contributed by atoms with Crippen LogP contribution in [0.2, 0.25) is 5.02 Å². The zero-order chi connectivity index (χ0) is 15.4. The van der Waals surface area contributed by atoms with Gasteiger partial charge in [0.2, 0.25) is 5.96 Å². The maximum absolute atomic E-state index is 11.8. The van der Waals surface area contributed by atoms with Gasteiger partial charge < -0.3 is 10.6 Å². The molecule has 0 saturated heterocycles. The molecule has 1 heterocycles. The Morgan fingerprint density at radius 3 is 2.62 bits per heavy atom. The van der Waals surface area contributed by atoms with E-state index in [0.29, 0.717) is 15.8 Å². The van der Waals surface area contributed by atoms with E-state index >= 15 is 0 Å². The lowest BCUT2D eigenvalue weighted by Crippen LogP contribution is -2.38. The normalized spacial score (nSPS) is 10.0.